The van der Waals surface area contributed by atoms with Crippen LogP contribution in [0.2, 0.25) is 0 Å². The SMILES string of the molecule is OCc1nc(-c2ccccc2OC(F)(F)F)oc1C1CC1. The maximum Gasteiger partial charge on any atom is 0.573 e. The second-order valence-electron chi connectivity index (χ2n) is 4.81. The summed E-state index contributed by atoms with van der Waals surface area (Å²) in [5.41, 5.74) is 0.478. The van der Waals surface area contributed by atoms with Crippen molar-refractivity contribution in [2.75, 3.05) is 0 Å². The Morgan fingerprint density at radius 3 is 2.62 bits per heavy atom. The van der Waals surface area contributed by atoms with Crippen LogP contribution < -0.4 is 4.74 Å². The number of rotatable bonds is 4. The highest BCUT2D eigenvalue weighted by molar-refractivity contribution is 5.63. The number of oxazole rings is 1. The smallest absolute Gasteiger partial charge is 0.440 e. The lowest BCUT2D eigenvalue weighted by Crippen LogP contribution is -2.17. The van der Waals surface area contributed by atoms with Gasteiger partial charge in [-0.3, -0.25) is 0 Å². The van der Waals surface area contributed by atoms with Crippen molar-refractivity contribution in [1.29, 1.82) is 0 Å². The summed E-state index contributed by atoms with van der Waals surface area (Å²) in [5, 5.41) is 9.28. The van der Waals surface area contributed by atoms with Gasteiger partial charge < -0.3 is 14.3 Å². The number of hydrogen-bond acceptors (Lipinski definition) is 4. The predicted molar refractivity (Wildman–Crippen MR) is 66.5 cm³/mol. The predicted octanol–water partition coefficient (Wildman–Crippen LogP) is 3.61. The molecule has 0 unspecified atom stereocenters. The molecule has 1 saturated carbocycles. The highest BCUT2D eigenvalue weighted by Gasteiger charge is 2.34. The van der Waals surface area contributed by atoms with E-state index in [0.717, 1.165) is 12.8 Å². The van der Waals surface area contributed by atoms with E-state index in [9.17, 15) is 18.3 Å². The van der Waals surface area contributed by atoms with E-state index < -0.39 is 6.36 Å². The Balaban J connectivity index is 2.00. The molecular weight excluding hydrogens is 287 g/mol. The fourth-order valence-electron chi connectivity index (χ4n) is 2.11. The number of para-hydroxylation sites is 1. The molecule has 0 aliphatic heterocycles. The topological polar surface area (TPSA) is 55.5 Å². The van der Waals surface area contributed by atoms with Crippen LogP contribution in [-0.2, 0) is 6.61 Å². The van der Waals surface area contributed by atoms with E-state index in [2.05, 4.69) is 9.72 Å². The molecule has 1 heterocycles. The largest absolute Gasteiger partial charge is 0.573 e. The third-order valence-corrected chi connectivity index (χ3v) is 3.17. The lowest BCUT2D eigenvalue weighted by Gasteiger charge is -2.11. The number of ether oxygens (including phenoxy) is 1. The highest BCUT2D eigenvalue weighted by Crippen LogP contribution is 2.44. The lowest BCUT2D eigenvalue weighted by atomic mass is 10.2. The van der Waals surface area contributed by atoms with Crippen LogP contribution in [0.1, 0.15) is 30.2 Å². The minimum absolute atomic E-state index is 0.0285. The number of hydrogen-bond donors (Lipinski definition) is 1. The summed E-state index contributed by atoms with van der Waals surface area (Å²) in [7, 11) is 0. The maximum absolute atomic E-state index is 12.4. The van der Waals surface area contributed by atoms with Crippen molar-refractivity contribution >= 4 is 0 Å². The van der Waals surface area contributed by atoms with Gasteiger partial charge in [-0.05, 0) is 25.0 Å². The number of halogens is 3. The first kappa shape index (κ1) is 13.9. The van der Waals surface area contributed by atoms with Crippen LogP contribution >= 0.6 is 0 Å². The van der Waals surface area contributed by atoms with Gasteiger partial charge >= 0.3 is 6.36 Å². The van der Waals surface area contributed by atoms with Crippen LogP contribution in [0, 0.1) is 0 Å². The number of benzene rings is 1. The van der Waals surface area contributed by atoms with Crippen molar-refractivity contribution in [2.45, 2.75) is 31.7 Å². The molecule has 0 bridgehead atoms. The van der Waals surface area contributed by atoms with E-state index in [1.54, 1.807) is 6.07 Å². The van der Waals surface area contributed by atoms with Gasteiger partial charge in [0.1, 0.15) is 17.2 Å². The summed E-state index contributed by atoms with van der Waals surface area (Å²) in [6.07, 6.45) is -2.92. The van der Waals surface area contributed by atoms with E-state index in [-0.39, 0.29) is 29.7 Å². The van der Waals surface area contributed by atoms with Gasteiger partial charge in [-0.2, -0.15) is 0 Å². The zero-order valence-corrected chi connectivity index (χ0v) is 10.9. The average molecular weight is 299 g/mol. The monoisotopic (exact) mass is 299 g/mol. The van der Waals surface area contributed by atoms with Crippen molar-refractivity contribution < 1.29 is 27.4 Å². The summed E-state index contributed by atoms with van der Waals surface area (Å²) in [4.78, 5) is 4.09. The molecule has 21 heavy (non-hydrogen) atoms. The van der Waals surface area contributed by atoms with Crippen molar-refractivity contribution in [1.82, 2.24) is 4.98 Å². The molecule has 4 nitrogen and oxygen atoms in total. The molecule has 2 aromatic rings. The van der Waals surface area contributed by atoms with E-state index in [1.807, 2.05) is 0 Å². The number of nitrogens with zero attached hydrogens (tertiary/aromatic N) is 1. The molecule has 1 aliphatic rings. The molecule has 1 aromatic carbocycles. The quantitative estimate of drug-likeness (QED) is 0.937. The average Bonchev–Trinajstić information content (AvgIpc) is 3.17. The number of alkyl halides is 3. The third-order valence-electron chi connectivity index (χ3n) is 3.17. The van der Waals surface area contributed by atoms with Crippen molar-refractivity contribution in [2.24, 2.45) is 0 Å². The molecule has 1 aliphatic carbocycles. The Morgan fingerprint density at radius 1 is 1.29 bits per heavy atom. The zero-order chi connectivity index (χ0) is 15.0. The maximum atomic E-state index is 12.4. The minimum atomic E-state index is -4.79. The van der Waals surface area contributed by atoms with Gasteiger partial charge in [-0.1, -0.05) is 12.1 Å². The first-order valence-electron chi connectivity index (χ1n) is 6.43. The lowest BCUT2D eigenvalue weighted by molar-refractivity contribution is -0.274. The fourth-order valence-corrected chi connectivity index (χ4v) is 2.11. The molecule has 0 amide bonds. The van der Waals surface area contributed by atoms with Gasteiger partial charge in [0.05, 0.1) is 12.2 Å². The van der Waals surface area contributed by atoms with Crippen LogP contribution in [0.4, 0.5) is 13.2 Å². The summed E-state index contributed by atoms with van der Waals surface area (Å²) in [5.74, 6) is 0.400. The van der Waals surface area contributed by atoms with Gasteiger partial charge in [0.25, 0.3) is 0 Å². The standard InChI is InChI=1S/C14H12F3NO3/c15-14(16,17)21-11-4-2-1-3-9(11)13-18-10(7-19)12(20-13)8-5-6-8/h1-4,8,19H,5-7H2. The number of aromatic nitrogens is 1. The normalized spacial score (nSPS) is 15.2. The van der Waals surface area contributed by atoms with Gasteiger partial charge in [0.15, 0.2) is 0 Å². The van der Waals surface area contributed by atoms with Crippen molar-refractivity contribution in [3.8, 4) is 17.2 Å². The molecule has 1 N–H and O–H groups in total. The first-order valence-corrected chi connectivity index (χ1v) is 6.43. The summed E-state index contributed by atoms with van der Waals surface area (Å²) >= 11 is 0. The molecular formula is C14H12F3NO3. The molecule has 0 radical (unpaired) electrons. The molecule has 0 spiro atoms. The van der Waals surface area contributed by atoms with Crippen LogP contribution in [0.5, 0.6) is 5.75 Å². The Bertz CT molecular complexity index is 647. The van der Waals surface area contributed by atoms with Gasteiger partial charge in [0, 0.05) is 5.92 Å². The second-order valence-corrected chi connectivity index (χ2v) is 4.81. The summed E-state index contributed by atoms with van der Waals surface area (Å²) in [6, 6.07) is 5.63. The zero-order valence-electron chi connectivity index (χ0n) is 10.9. The fraction of sp³-hybridized carbons (Fsp3) is 0.357. The van der Waals surface area contributed by atoms with Crippen molar-refractivity contribution in [3.05, 3.63) is 35.7 Å². The molecule has 0 atom stereocenters. The molecule has 1 fully saturated rings. The number of aliphatic hydroxyl groups is 1. The van der Waals surface area contributed by atoms with E-state index in [1.165, 1.54) is 18.2 Å². The van der Waals surface area contributed by atoms with E-state index >= 15 is 0 Å². The van der Waals surface area contributed by atoms with Crippen LogP contribution in [0.25, 0.3) is 11.5 Å². The van der Waals surface area contributed by atoms with Gasteiger partial charge in [0.2, 0.25) is 5.89 Å². The van der Waals surface area contributed by atoms with Gasteiger partial charge in [-0.25, -0.2) is 4.98 Å². The van der Waals surface area contributed by atoms with E-state index in [0.29, 0.717) is 11.5 Å². The summed E-state index contributed by atoms with van der Waals surface area (Å²) in [6.45, 7) is -0.308. The Morgan fingerprint density at radius 2 is 2.00 bits per heavy atom. The van der Waals surface area contributed by atoms with Crippen LogP contribution in [-0.4, -0.2) is 16.5 Å². The van der Waals surface area contributed by atoms with Crippen molar-refractivity contribution in [3.63, 3.8) is 0 Å². The molecule has 1 aromatic heterocycles. The molecule has 112 valence electrons. The minimum Gasteiger partial charge on any atom is -0.440 e. The molecule has 3 rings (SSSR count). The van der Waals surface area contributed by atoms with Crippen LogP contribution in [0.3, 0.4) is 0 Å². The molecule has 0 saturated heterocycles. The van der Waals surface area contributed by atoms with E-state index in [4.69, 9.17) is 4.42 Å². The third kappa shape index (κ3) is 3.02. The second kappa shape index (κ2) is 5.07. The molecule has 7 heteroatoms. The Hall–Kier alpha value is -2.02. The van der Waals surface area contributed by atoms with Gasteiger partial charge in [-0.15, -0.1) is 13.2 Å². The number of aliphatic hydroxyl groups excluding tert-OH is 1. The Kier molecular flexibility index (Phi) is 3.36. The first-order chi connectivity index (χ1) is 9.98. The Labute approximate surface area is 118 Å². The summed E-state index contributed by atoms with van der Waals surface area (Å²) < 4.78 is 46.8. The van der Waals surface area contributed by atoms with Crippen LogP contribution in [0.15, 0.2) is 28.7 Å². The highest BCUT2D eigenvalue weighted by atomic mass is 19.4.